The Kier molecular flexibility index (Phi) is 6.71. The van der Waals surface area contributed by atoms with Crippen LogP contribution < -0.4 is 5.32 Å². The van der Waals surface area contributed by atoms with E-state index in [0.717, 1.165) is 36.6 Å². The number of aromatic nitrogens is 2. The molecule has 152 valence electrons. The number of morpholine rings is 1. The molecule has 2 aromatic heterocycles. The van der Waals surface area contributed by atoms with Gasteiger partial charge >= 0.3 is 0 Å². The second-order valence-corrected chi connectivity index (χ2v) is 8.18. The Hall–Kier alpha value is -2.48. The van der Waals surface area contributed by atoms with Crippen molar-refractivity contribution in [2.75, 3.05) is 26.2 Å². The van der Waals surface area contributed by atoms with Gasteiger partial charge in [0.15, 0.2) is 0 Å². The molecule has 1 aromatic carbocycles. The van der Waals surface area contributed by atoms with Crippen molar-refractivity contribution < 1.29 is 9.53 Å². The van der Waals surface area contributed by atoms with E-state index in [1.807, 2.05) is 46.6 Å². The number of nitrogens with zero attached hydrogens (tertiary/aromatic N) is 3. The number of hydrogen-bond donors (Lipinski definition) is 1. The summed E-state index contributed by atoms with van der Waals surface area (Å²) in [5.74, 6) is 0.0716. The van der Waals surface area contributed by atoms with Gasteiger partial charge in [0.1, 0.15) is 0 Å². The van der Waals surface area contributed by atoms with Crippen LogP contribution in [0.15, 0.2) is 66.3 Å². The van der Waals surface area contributed by atoms with Crippen LogP contribution in [0.25, 0.3) is 0 Å². The van der Waals surface area contributed by atoms with E-state index in [9.17, 15) is 4.79 Å². The molecular formula is C22H26N4O2S. The average Bonchev–Trinajstić information content (AvgIpc) is 3.46. The fourth-order valence-corrected chi connectivity index (χ4v) is 4.43. The van der Waals surface area contributed by atoms with Crippen LogP contribution in [0.1, 0.15) is 22.9 Å². The monoisotopic (exact) mass is 410 g/mol. The van der Waals surface area contributed by atoms with Gasteiger partial charge in [0.2, 0.25) is 5.91 Å². The molecule has 1 N–H and O–H groups in total. The maximum absolute atomic E-state index is 12.7. The van der Waals surface area contributed by atoms with E-state index in [2.05, 4.69) is 33.5 Å². The number of ether oxygens (including phenoxy) is 1. The van der Waals surface area contributed by atoms with E-state index >= 15 is 0 Å². The second kappa shape index (κ2) is 9.82. The van der Waals surface area contributed by atoms with E-state index < -0.39 is 0 Å². The molecule has 0 spiro atoms. The third kappa shape index (κ3) is 5.53. The van der Waals surface area contributed by atoms with Gasteiger partial charge in [-0.3, -0.25) is 14.4 Å². The minimum absolute atomic E-state index is 0.0716. The van der Waals surface area contributed by atoms with Crippen molar-refractivity contribution in [1.82, 2.24) is 20.0 Å². The Morgan fingerprint density at radius 1 is 1.24 bits per heavy atom. The van der Waals surface area contributed by atoms with Crippen LogP contribution in [0.5, 0.6) is 0 Å². The van der Waals surface area contributed by atoms with Gasteiger partial charge in [-0.2, -0.15) is 5.10 Å². The first-order valence-electron chi connectivity index (χ1n) is 9.97. The molecule has 6 nitrogen and oxygen atoms in total. The summed E-state index contributed by atoms with van der Waals surface area (Å²) in [6.45, 7) is 3.84. The molecule has 3 heterocycles. The molecule has 2 unspecified atom stereocenters. The van der Waals surface area contributed by atoms with Crippen LogP contribution >= 0.6 is 11.3 Å². The molecule has 0 saturated carbocycles. The van der Waals surface area contributed by atoms with Crippen LogP contribution in [0, 0.1) is 0 Å². The quantitative estimate of drug-likeness (QED) is 0.620. The molecule has 1 amide bonds. The Labute approximate surface area is 175 Å². The summed E-state index contributed by atoms with van der Waals surface area (Å²) in [6, 6.07) is 16.1. The molecule has 3 aromatic rings. The molecular weight excluding hydrogens is 384 g/mol. The minimum atomic E-state index is -0.0963. The van der Waals surface area contributed by atoms with Crippen LogP contribution in [0.3, 0.4) is 0 Å². The van der Waals surface area contributed by atoms with Crippen molar-refractivity contribution in [3.05, 3.63) is 76.7 Å². The maximum atomic E-state index is 12.7. The highest BCUT2D eigenvalue weighted by atomic mass is 32.1. The Balaban J connectivity index is 1.30. The topological polar surface area (TPSA) is 59.4 Å². The number of amides is 1. The van der Waals surface area contributed by atoms with E-state index in [-0.39, 0.29) is 18.1 Å². The lowest BCUT2D eigenvalue weighted by molar-refractivity contribution is -0.122. The van der Waals surface area contributed by atoms with Gasteiger partial charge in [0.25, 0.3) is 0 Å². The summed E-state index contributed by atoms with van der Waals surface area (Å²) in [5, 5.41) is 9.52. The molecule has 2 atom stereocenters. The van der Waals surface area contributed by atoms with Crippen LogP contribution in [0.4, 0.5) is 0 Å². The van der Waals surface area contributed by atoms with Gasteiger partial charge in [-0.15, -0.1) is 11.3 Å². The third-order valence-electron chi connectivity index (χ3n) is 5.09. The SMILES string of the molecule is O=C(CCN1CCOC(Cn2cccn2)C1)NC(c1ccccc1)c1cccs1. The zero-order valence-electron chi connectivity index (χ0n) is 16.3. The van der Waals surface area contributed by atoms with Crippen molar-refractivity contribution in [2.45, 2.75) is 25.1 Å². The lowest BCUT2D eigenvalue weighted by Crippen LogP contribution is -2.45. The lowest BCUT2D eigenvalue weighted by Gasteiger charge is -2.32. The summed E-state index contributed by atoms with van der Waals surface area (Å²) in [7, 11) is 0. The number of carbonyl (C=O) groups is 1. The van der Waals surface area contributed by atoms with Crippen molar-refractivity contribution in [2.24, 2.45) is 0 Å². The molecule has 1 aliphatic rings. The number of nitrogens with one attached hydrogen (secondary N) is 1. The smallest absolute Gasteiger partial charge is 0.222 e. The predicted octanol–water partition coefficient (Wildman–Crippen LogP) is 2.94. The zero-order valence-corrected chi connectivity index (χ0v) is 17.1. The van der Waals surface area contributed by atoms with Crippen molar-refractivity contribution in [3.8, 4) is 0 Å². The normalized spacial score (nSPS) is 18.4. The van der Waals surface area contributed by atoms with Crippen molar-refractivity contribution >= 4 is 17.2 Å². The van der Waals surface area contributed by atoms with Gasteiger partial charge in [-0.25, -0.2) is 0 Å². The summed E-state index contributed by atoms with van der Waals surface area (Å²) < 4.78 is 7.75. The number of benzene rings is 1. The van der Waals surface area contributed by atoms with Gasteiger partial charge in [-0.05, 0) is 23.1 Å². The highest BCUT2D eigenvalue weighted by Crippen LogP contribution is 2.26. The first-order chi connectivity index (χ1) is 14.3. The van der Waals surface area contributed by atoms with Crippen molar-refractivity contribution in [1.29, 1.82) is 0 Å². The highest BCUT2D eigenvalue weighted by molar-refractivity contribution is 7.10. The molecule has 1 saturated heterocycles. The van der Waals surface area contributed by atoms with Crippen LogP contribution in [-0.2, 0) is 16.1 Å². The van der Waals surface area contributed by atoms with Gasteiger partial charge in [0, 0.05) is 43.3 Å². The number of hydrogen-bond acceptors (Lipinski definition) is 5. The molecule has 4 rings (SSSR count). The molecule has 0 aliphatic carbocycles. The van der Waals surface area contributed by atoms with Crippen LogP contribution in [0.2, 0.25) is 0 Å². The number of rotatable bonds is 8. The van der Waals surface area contributed by atoms with Gasteiger partial charge in [0.05, 0.1) is 25.3 Å². The molecule has 7 heteroatoms. The zero-order chi connectivity index (χ0) is 19.9. The van der Waals surface area contributed by atoms with Gasteiger partial charge in [-0.1, -0.05) is 36.4 Å². The first-order valence-corrected chi connectivity index (χ1v) is 10.8. The minimum Gasteiger partial charge on any atom is -0.374 e. The Bertz CT molecular complexity index is 868. The summed E-state index contributed by atoms with van der Waals surface area (Å²) in [4.78, 5) is 16.2. The molecule has 1 fully saturated rings. The fraction of sp³-hybridized carbons (Fsp3) is 0.364. The van der Waals surface area contributed by atoms with E-state index in [1.54, 1.807) is 17.5 Å². The van der Waals surface area contributed by atoms with E-state index in [0.29, 0.717) is 13.0 Å². The Morgan fingerprint density at radius 3 is 2.90 bits per heavy atom. The van der Waals surface area contributed by atoms with Crippen LogP contribution in [-0.4, -0.2) is 52.9 Å². The van der Waals surface area contributed by atoms with E-state index in [1.165, 1.54) is 0 Å². The average molecular weight is 411 g/mol. The van der Waals surface area contributed by atoms with E-state index in [4.69, 9.17) is 4.74 Å². The molecule has 29 heavy (non-hydrogen) atoms. The first kappa shape index (κ1) is 19.8. The summed E-state index contributed by atoms with van der Waals surface area (Å²) in [6.07, 6.45) is 4.31. The second-order valence-electron chi connectivity index (χ2n) is 7.20. The predicted molar refractivity (Wildman–Crippen MR) is 114 cm³/mol. The molecule has 0 radical (unpaired) electrons. The maximum Gasteiger partial charge on any atom is 0.222 e. The summed E-state index contributed by atoms with van der Waals surface area (Å²) in [5.41, 5.74) is 1.11. The highest BCUT2D eigenvalue weighted by Gasteiger charge is 2.22. The van der Waals surface area contributed by atoms with Crippen molar-refractivity contribution in [3.63, 3.8) is 0 Å². The number of carbonyl (C=O) groups excluding carboxylic acids is 1. The standard InChI is InChI=1S/C22H26N4O2S/c27-21(24-22(20-8-4-15-29-20)18-6-2-1-3-7-18)9-12-25-13-14-28-19(16-25)17-26-11-5-10-23-26/h1-8,10-11,15,19,22H,9,12-14,16-17H2,(H,24,27). The lowest BCUT2D eigenvalue weighted by atomic mass is 10.1. The Morgan fingerprint density at radius 2 is 2.14 bits per heavy atom. The fourth-order valence-electron chi connectivity index (χ4n) is 3.62. The van der Waals surface area contributed by atoms with Gasteiger partial charge < -0.3 is 10.1 Å². The number of thiophene rings is 1. The molecule has 1 aliphatic heterocycles. The third-order valence-corrected chi connectivity index (χ3v) is 6.03. The largest absolute Gasteiger partial charge is 0.374 e. The summed E-state index contributed by atoms with van der Waals surface area (Å²) >= 11 is 1.67. The molecule has 0 bridgehead atoms.